The summed E-state index contributed by atoms with van der Waals surface area (Å²) in [5.74, 6) is 1.34. The summed E-state index contributed by atoms with van der Waals surface area (Å²) in [5, 5.41) is 0. The Morgan fingerprint density at radius 1 is 0.889 bits per heavy atom. The molecule has 0 aromatic rings. The van der Waals surface area contributed by atoms with Crippen LogP contribution in [0.25, 0.3) is 0 Å². The van der Waals surface area contributed by atoms with Crippen molar-refractivity contribution < 1.29 is 9.47 Å². The second-order valence-electron chi connectivity index (χ2n) is 7.75. The Labute approximate surface area is 110 Å². The van der Waals surface area contributed by atoms with Gasteiger partial charge in [0.05, 0.1) is 13.2 Å². The van der Waals surface area contributed by atoms with Crippen molar-refractivity contribution in [2.24, 2.45) is 22.7 Å². The zero-order valence-corrected chi connectivity index (χ0v) is 11.8. The Kier molecular flexibility index (Phi) is 2.29. The highest BCUT2D eigenvalue weighted by atomic mass is 16.7. The summed E-state index contributed by atoms with van der Waals surface area (Å²) < 4.78 is 12.3. The molecule has 2 spiro atoms. The quantitative estimate of drug-likeness (QED) is 0.652. The van der Waals surface area contributed by atoms with Gasteiger partial charge in [-0.1, -0.05) is 26.7 Å². The average molecular weight is 250 g/mol. The van der Waals surface area contributed by atoms with E-state index in [9.17, 15) is 0 Å². The molecule has 18 heavy (non-hydrogen) atoms. The Hall–Kier alpha value is -0.0800. The van der Waals surface area contributed by atoms with Crippen LogP contribution >= 0.6 is 0 Å². The minimum atomic E-state index is -0.202. The Bertz CT molecular complexity index is 356. The van der Waals surface area contributed by atoms with E-state index in [1.807, 2.05) is 0 Å². The first-order valence-electron chi connectivity index (χ1n) is 7.87. The van der Waals surface area contributed by atoms with Crippen molar-refractivity contribution in [1.29, 1.82) is 0 Å². The molecule has 0 N–H and O–H groups in total. The summed E-state index contributed by atoms with van der Waals surface area (Å²) in [7, 11) is 0. The predicted octanol–water partition coefficient (Wildman–Crippen LogP) is 3.75. The van der Waals surface area contributed by atoms with E-state index in [4.69, 9.17) is 9.47 Å². The standard InChI is InChI=1S/C16H26O2/c1-14(2)12-5-3-4-6-15(12)7-8-16(13(14)11-15)17-9-10-18-16/h12-13H,3-11H2,1-2H3/t12-,13-,15+/m1/s1. The minimum absolute atomic E-state index is 0.202. The van der Waals surface area contributed by atoms with E-state index in [1.165, 1.54) is 38.5 Å². The molecule has 1 saturated heterocycles. The van der Waals surface area contributed by atoms with Gasteiger partial charge in [0.1, 0.15) is 0 Å². The molecule has 2 bridgehead atoms. The molecule has 3 aliphatic carbocycles. The molecule has 4 aliphatic rings. The fourth-order valence-electron chi connectivity index (χ4n) is 6.16. The molecule has 0 aromatic carbocycles. The molecule has 2 nitrogen and oxygen atoms in total. The van der Waals surface area contributed by atoms with Crippen LogP contribution in [0.3, 0.4) is 0 Å². The number of hydrogen-bond donors (Lipinski definition) is 0. The van der Waals surface area contributed by atoms with Gasteiger partial charge in [0.15, 0.2) is 5.79 Å². The van der Waals surface area contributed by atoms with E-state index in [2.05, 4.69) is 13.8 Å². The number of fused-ring (bicyclic) bond motifs is 2. The van der Waals surface area contributed by atoms with Crippen molar-refractivity contribution in [1.82, 2.24) is 0 Å². The smallest absolute Gasteiger partial charge is 0.171 e. The highest BCUT2D eigenvalue weighted by molar-refractivity contribution is 5.14. The molecule has 4 fully saturated rings. The van der Waals surface area contributed by atoms with Crippen molar-refractivity contribution in [2.45, 2.75) is 64.6 Å². The maximum atomic E-state index is 6.13. The van der Waals surface area contributed by atoms with E-state index in [-0.39, 0.29) is 5.79 Å². The summed E-state index contributed by atoms with van der Waals surface area (Å²) in [6.07, 6.45) is 9.67. The Morgan fingerprint density at radius 3 is 2.44 bits per heavy atom. The number of hydrogen-bond acceptors (Lipinski definition) is 2. The van der Waals surface area contributed by atoms with Gasteiger partial charge in [-0.25, -0.2) is 0 Å². The van der Waals surface area contributed by atoms with Gasteiger partial charge >= 0.3 is 0 Å². The fraction of sp³-hybridized carbons (Fsp3) is 1.00. The molecular weight excluding hydrogens is 224 g/mol. The minimum Gasteiger partial charge on any atom is -0.347 e. The van der Waals surface area contributed by atoms with Crippen LogP contribution in [0.4, 0.5) is 0 Å². The maximum Gasteiger partial charge on any atom is 0.171 e. The van der Waals surface area contributed by atoms with Crippen LogP contribution in [0, 0.1) is 22.7 Å². The van der Waals surface area contributed by atoms with E-state index in [1.54, 1.807) is 0 Å². The van der Waals surface area contributed by atoms with E-state index in [0.29, 0.717) is 16.7 Å². The van der Waals surface area contributed by atoms with Crippen LogP contribution in [0.2, 0.25) is 0 Å². The summed E-state index contributed by atoms with van der Waals surface area (Å²) in [4.78, 5) is 0. The summed E-state index contributed by atoms with van der Waals surface area (Å²) in [5.41, 5.74) is 1.05. The lowest BCUT2D eigenvalue weighted by molar-refractivity contribution is -0.229. The second kappa shape index (κ2) is 3.52. The van der Waals surface area contributed by atoms with Gasteiger partial charge in [0.25, 0.3) is 0 Å². The third kappa shape index (κ3) is 1.27. The molecule has 0 aromatic heterocycles. The van der Waals surface area contributed by atoms with Gasteiger partial charge in [-0.15, -0.1) is 0 Å². The van der Waals surface area contributed by atoms with Gasteiger partial charge in [-0.2, -0.15) is 0 Å². The first-order valence-corrected chi connectivity index (χ1v) is 7.87. The van der Waals surface area contributed by atoms with Crippen LogP contribution < -0.4 is 0 Å². The van der Waals surface area contributed by atoms with Crippen LogP contribution in [0.15, 0.2) is 0 Å². The van der Waals surface area contributed by atoms with Crippen molar-refractivity contribution in [3.8, 4) is 0 Å². The van der Waals surface area contributed by atoms with Crippen molar-refractivity contribution >= 4 is 0 Å². The van der Waals surface area contributed by atoms with Gasteiger partial charge in [0, 0.05) is 12.3 Å². The van der Waals surface area contributed by atoms with Crippen LogP contribution in [0.5, 0.6) is 0 Å². The van der Waals surface area contributed by atoms with Crippen molar-refractivity contribution in [2.75, 3.05) is 13.2 Å². The maximum absolute atomic E-state index is 6.13. The zero-order chi connectivity index (χ0) is 12.4. The zero-order valence-electron chi connectivity index (χ0n) is 11.8. The molecule has 1 aliphatic heterocycles. The van der Waals surface area contributed by atoms with Crippen molar-refractivity contribution in [3.63, 3.8) is 0 Å². The third-order valence-corrected chi connectivity index (χ3v) is 6.84. The largest absolute Gasteiger partial charge is 0.347 e. The monoisotopic (exact) mass is 250 g/mol. The first kappa shape index (κ1) is 11.7. The van der Waals surface area contributed by atoms with Crippen LogP contribution in [-0.2, 0) is 9.47 Å². The van der Waals surface area contributed by atoms with Gasteiger partial charge < -0.3 is 9.47 Å². The third-order valence-electron chi connectivity index (χ3n) is 6.84. The fourth-order valence-corrected chi connectivity index (χ4v) is 6.16. The molecule has 2 heteroatoms. The summed E-state index contributed by atoms with van der Waals surface area (Å²) in [6, 6.07) is 0. The molecule has 3 atom stereocenters. The molecule has 0 amide bonds. The van der Waals surface area contributed by atoms with E-state index in [0.717, 1.165) is 25.6 Å². The second-order valence-corrected chi connectivity index (χ2v) is 7.75. The van der Waals surface area contributed by atoms with Crippen LogP contribution in [-0.4, -0.2) is 19.0 Å². The molecule has 4 rings (SSSR count). The Balaban J connectivity index is 1.76. The predicted molar refractivity (Wildman–Crippen MR) is 70.1 cm³/mol. The lowest BCUT2D eigenvalue weighted by Crippen LogP contribution is -2.46. The van der Waals surface area contributed by atoms with Gasteiger partial charge in [0.2, 0.25) is 0 Å². The Morgan fingerprint density at radius 2 is 1.67 bits per heavy atom. The van der Waals surface area contributed by atoms with E-state index >= 15 is 0 Å². The lowest BCUT2D eigenvalue weighted by atomic mass is 9.61. The normalized spacial score (nSPS) is 48.3. The van der Waals surface area contributed by atoms with Gasteiger partial charge in [-0.3, -0.25) is 0 Å². The highest BCUT2D eigenvalue weighted by Gasteiger charge is 2.67. The SMILES string of the molecule is CC1(C)[C@H]2CCCC[C@@]23CCC2(OCCO2)[C@@H]1C3. The highest BCUT2D eigenvalue weighted by Crippen LogP contribution is 2.71. The molecular formula is C16H26O2. The summed E-state index contributed by atoms with van der Waals surface area (Å²) >= 11 is 0. The molecule has 3 saturated carbocycles. The number of rotatable bonds is 0. The van der Waals surface area contributed by atoms with Gasteiger partial charge in [-0.05, 0) is 42.4 Å². The van der Waals surface area contributed by atoms with Crippen LogP contribution in [0.1, 0.15) is 58.8 Å². The molecule has 102 valence electrons. The summed E-state index contributed by atoms with van der Waals surface area (Å²) in [6.45, 7) is 6.61. The molecule has 0 radical (unpaired) electrons. The average Bonchev–Trinajstić information content (AvgIpc) is 2.89. The topological polar surface area (TPSA) is 18.5 Å². The van der Waals surface area contributed by atoms with Crippen molar-refractivity contribution in [3.05, 3.63) is 0 Å². The first-order chi connectivity index (χ1) is 8.59. The lowest BCUT2D eigenvalue weighted by Gasteiger charge is -2.45. The molecule has 0 unspecified atom stereocenters. The number of ether oxygens (including phenoxy) is 2. The molecule has 1 heterocycles. The van der Waals surface area contributed by atoms with E-state index < -0.39 is 0 Å².